The smallest absolute Gasteiger partial charge is 0.312 e. The molecule has 1 aromatic carbocycles. The summed E-state index contributed by atoms with van der Waals surface area (Å²) in [6, 6.07) is 6.16. The van der Waals surface area contributed by atoms with Crippen LogP contribution in [0.1, 0.15) is 21.7 Å². The Hall–Kier alpha value is -2.94. The summed E-state index contributed by atoms with van der Waals surface area (Å²) in [5, 5.41) is 13.8. The molecule has 2 aromatic heterocycles. The molecule has 26 heavy (non-hydrogen) atoms. The summed E-state index contributed by atoms with van der Waals surface area (Å²) in [6.07, 6.45) is 1.81. The zero-order valence-electron chi connectivity index (χ0n) is 14.2. The molecule has 1 N–H and O–H groups in total. The Morgan fingerprint density at radius 2 is 2.08 bits per heavy atom. The number of nitrogens with one attached hydrogen (secondary N) is 1. The summed E-state index contributed by atoms with van der Waals surface area (Å²) in [5.41, 5.74) is 2.57. The van der Waals surface area contributed by atoms with Gasteiger partial charge in [0.2, 0.25) is 0 Å². The fourth-order valence-corrected chi connectivity index (χ4v) is 3.36. The second-order valence-electron chi connectivity index (χ2n) is 5.70. The number of aromatic nitrogens is 2. The van der Waals surface area contributed by atoms with Crippen LogP contribution >= 0.6 is 15.9 Å². The molecule has 1 amide bonds. The molecule has 0 aliphatic heterocycles. The van der Waals surface area contributed by atoms with Gasteiger partial charge in [0, 0.05) is 18.0 Å². The molecule has 0 saturated heterocycles. The van der Waals surface area contributed by atoms with Crippen molar-refractivity contribution in [1.82, 2.24) is 9.38 Å². The number of hydrogen-bond acceptors (Lipinski definition) is 5. The van der Waals surface area contributed by atoms with E-state index in [0.29, 0.717) is 22.7 Å². The molecule has 0 bridgehead atoms. The Morgan fingerprint density at radius 3 is 2.73 bits per heavy atom. The fourth-order valence-electron chi connectivity index (χ4n) is 2.72. The monoisotopic (exact) mass is 418 g/mol. The number of nitrogens with zero attached hydrogens (tertiary/aromatic N) is 3. The van der Waals surface area contributed by atoms with Crippen LogP contribution in [-0.2, 0) is 0 Å². The number of rotatable bonds is 4. The van der Waals surface area contributed by atoms with E-state index in [1.807, 2.05) is 19.2 Å². The van der Waals surface area contributed by atoms with E-state index in [-0.39, 0.29) is 11.4 Å². The minimum Gasteiger partial charge on any atom is -0.490 e. The molecule has 3 aromatic rings. The molecule has 0 saturated carbocycles. The van der Waals surface area contributed by atoms with Gasteiger partial charge in [0.25, 0.3) is 5.91 Å². The van der Waals surface area contributed by atoms with E-state index in [1.165, 1.54) is 19.2 Å². The maximum Gasteiger partial charge on any atom is 0.312 e. The average Bonchev–Trinajstić information content (AvgIpc) is 2.91. The third-order valence-electron chi connectivity index (χ3n) is 3.83. The Labute approximate surface area is 157 Å². The summed E-state index contributed by atoms with van der Waals surface area (Å²) in [5.74, 6) is -0.287. The molecule has 3 rings (SSSR count). The maximum absolute atomic E-state index is 12.8. The van der Waals surface area contributed by atoms with Crippen LogP contribution in [0.5, 0.6) is 5.75 Å². The van der Waals surface area contributed by atoms with Crippen molar-refractivity contribution in [3.05, 3.63) is 62.0 Å². The number of imidazole rings is 1. The quantitative estimate of drug-likeness (QED) is 0.511. The third-order valence-corrected chi connectivity index (χ3v) is 4.42. The Bertz CT molecular complexity index is 1040. The number of fused-ring (bicyclic) bond motifs is 1. The van der Waals surface area contributed by atoms with E-state index >= 15 is 0 Å². The molecule has 2 heterocycles. The minimum absolute atomic E-state index is 0.124. The van der Waals surface area contributed by atoms with Crippen LogP contribution in [0.4, 0.5) is 11.4 Å². The molecule has 0 spiro atoms. The number of amides is 1. The van der Waals surface area contributed by atoms with Crippen molar-refractivity contribution >= 4 is 38.9 Å². The number of pyridine rings is 1. The lowest BCUT2D eigenvalue weighted by Crippen LogP contribution is -2.16. The zero-order valence-corrected chi connectivity index (χ0v) is 15.8. The van der Waals surface area contributed by atoms with Crippen LogP contribution in [0.15, 0.2) is 34.9 Å². The average molecular weight is 419 g/mol. The lowest BCUT2D eigenvalue weighted by molar-refractivity contribution is -0.385. The van der Waals surface area contributed by atoms with Crippen molar-refractivity contribution in [2.24, 2.45) is 0 Å². The number of nitro groups is 1. The van der Waals surface area contributed by atoms with E-state index in [1.54, 1.807) is 17.4 Å². The number of halogens is 1. The standard InChI is InChI=1S/C17H15BrN4O4/c1-9-6-12(18)16-19-10(2)15(21(16)8-9)17(23)20-11-4-5-14(26-3)13(7-11)22(24)25/h4-8H,1-3H3,(H,20,23). The zero-order chi connectivity index (χ0) is 19.0. The highest BCUT2D eigenvalue weighted by atomic mass is 79.9. The maximum atomic E-state index is 12.8. The van der Waals surface area contributed by atoms with E-state index in [9.17, 15) is 14.9 Å². The number of aryl methyl sites for hydroxylation is 2. The number of nitro benzene ring substituents is 1. The first-order chi connectivity index (χ1) is 12.3. The molecule has 0 unspecified atom stereocenters. The van der Waals surface area contributed by atoms with Gasteiger partial charge in [0.05, 0.1) is 22.2 Å². The van der Waals surface area contributed by atoms with Crippen LogP contribution in [0.3, 0.4) is 0 Å². The fraction of sp³-hybridized carbons (Fsp3) is 0.176. The predicted molar refractivity (Wildman–Crippen MR) is 100.0 cm³/mol. The Morgan fingerprint density at radius 1 is 1.35 bits per heavy atom. The number of anilines is 1. The molecular weight excluding hydrogens is 404 g/mol. The van der Waals surface area contributed by atoms with Gasteiger partial charge in [-0.1, -0.05) is 0 Å². The largest absolute Gasteiger partial charge is 0.490 e. The second-order valence-corrected chi connectivity index (χ2v) is 6.56. The van der Waals surface area contributed by atoms with E-state index in [4.69, 9.17) is 4.74 Å². The van der Waals surface area contributed by atoms with Crippen molar-refractivity contribution in [1.29, 1.82) is 0 Å². The molecule has 134 valence electrons. The predicted octanol–water partition coefficient (Wildman–Crippen LogP) is 3.88. The summed E-state index contributed by atoms with van der Waals surface area (Å²) >= 11 is 3.45. The Kier molecular flexibility index (Phi) is 4.64. The van der Waals surface area contributed by atoms with E-state index < -0.39 is 10.8 Å². The van der Waals surface area contributed by atoms with E-state index in [0.717, 1.165) is 10.0 Å². The number of benzene rings is 1. The van der Waals surface area contributed by atoms with Crippen LogP contribution in [0.2, 0.25) is 0 Å². The van der Waals surface area contributed by atoms with Crippen molar-refractivity contribution in [3.63, 3.8) is 0 Å². The number of carbonyl (C=O) groups excluding carboxylic acids is 1. The molecule has 0 atom stereocenters. The SMILES string of the molecule is COc1ccc(NC(=O)c2c(C)nc3c(Br)cc(C)cn23)cc1[N+](=O)[O-]. The highest BCUT2D eigenvalue weighted by Crippen LogP contribution is 2.30. The Balaban J connectivity index is 2.01. The molecule has 0 aliphatic carbocycles. The topological polar surface area (TPSA) is 98.8 Å². The van der Waals surface area contributed by atoms with Gasteiger partial charge in [-0.3, -0.25) is 19.3 Å². The van der Waals surface area contributed by atoms with Gasteiger partial charge in [-0.05, 0) is 53.5 Å². The molecule has 0 aliphatic rings. The van der Waals surface area contributed by atoms with Gasteiger partial charge in [-0.2, -0.15) is 0 Å². The lowest BCUT2D eigenvalue weighted by Gasteiger charge is -2.08. The van der Waals surface area contributed by atoms with Crippen molar-refractivity contribution in [2.75, 3.05) is 12.4 Å². The molecule has 0 fully saturated rings. The van der Waals surface area contributed by atoms with Gasteiger partial charge < -0.3 is 10.1 Å². The van der Waals surface area contributed by atoms with Crippen LogP contribution in [-0.4, -0.2) is 27.3 Å². The first-order valence-corrected chi connectivity index (χ1v) is 8.39. The first-order valence-electron chi connectivity index (χ1n) is 7.60. The molecule has 9 heteroatoms. The highest BCUT2D eigenvalue weighted by Gasteiger charge is 2.20. The van der Waals surface area contributed by atoms with Gasteiger partial charge in [0.15, 0.2) is 11.4 Å². The molecule has 8 nitrogen and oxygen atoms in total. The normalized spacial score (nSPS) is 10.8. The molecule has 0 radical (unpaired) electrons. The summed E-state index contributed by atoms with van der Waals surface area (Å²) in [7, 11) is 1.35. The van der Waals surface area contributed by atoms with Crippen LogP contribution in [0.25, 0.3) is 5.65 Å². The minimum atomic E-state index is -0.561. The van der Waals surface area contributed by atoms with Crippen molar-refractivity contribution < 1.29 is 14.5 Å². The molecular formula is C17H15BrN4O4. The summed E-state index contributed by atoms with van der Waals surface area (Å²) in [6.45, 7) is 3.65. The highest BCUT2D eigenvalue weighted by molar-refractivity contribution is 9.10. The lowest BCUT2D eigenvalue weighted by atomic mass is 10.2. The number of carbonyl (C=O) groups is 1. The van der Waals surface area contributed by atoms with Gasteiger partial charge in [-0.15, -0.1) is 0 Å². The van der Waals surface area contributed by atoms with Crippen LogP contribution in [0, 0.1) is 24.0 Å². The van der Waals surface area contributed by atoms with Gasteiger partial charge in [0.1, 0.15) is 5.69 Å². The van der Waals surface area contributed by atoms with Crippen LogP contribution < -0.4 is 10.1 Å². The van der Waals surface area contributed by atoms with Gasteiger partial charge >= 0.3 is 5.69 Å². The number of ether oxygens (including phenoxy) is 1. The van der Waals surface area contributed by atoms with Gasteiger partial charge in [-0.25, -0.2) is 4.98 Å². The third kappa shape index (κ3) is 3.13. The summed E-state index contributed by atoms with van der Waals surface area (Å²) < 4.78 is 7.44. The first kappa shape index (κ1) is 17.9. The number of hydrogen-bond donors (Lipinski definition) is 1. The second kappa shape index (κ2) is 6.75. The van der Waals surface area contributed by atoms with Crippen molar-refractivity contribution in [2.45, 2.75) is 13.8 Å². The van der Waals surface area contributed by atoms with Crippen molar-refractivity contribution in [3.8, 4) is 5.75 Å². The summed E-state index contributed by atoms with van der Waals surface area (Å²) in [4.78, 5) is 27.8. The number of methoxy groups -OCH3 is 1. The van der Waals surface area contributed by atoms with E-state index in [2.05, 4.69) is 26.2 Å².